The Bertz CT molecular complexity index is 427. The molecule has 0 fully saturated rings. The van der Waals surface area contributed by atoms with E-state index in [0.29, 0.717) is 0 Å². The Labute approximate surface area is 84.6 Å². The van der Waals surface area contributed by atoms with Crippen LogP contribution in [0.15, 0.2) is 42.7 Å². The summed E-state index contributed by atoms with van der Waals surface area (Å²) < 4.78 is 3.01. The van der Waals surface area contributed by atoms with Gasteiger partial charge in [-0.1, -0.05) is 0 Å². The van der Waals surface area contributed by atoms with Gasteiger partial charge in [-0.05, 0) is 0 Å². The molecule has 0 aliphatic carbocycles. The van der Waals surface area contributed by atoms with E-state index < -0.39 is 0 Å². The van der Waals surface area contributed by atoms with Gasteiger partial charge in [0, 0.05) is 0 Å². The molecule has 0 atom stereocenters. The summed E-state index contributed by atoms with van der Waals surface area (Å²) in [4.78, 5) is 3.04. The van der Waals surface area contributed by atoms with Crippen LogP contribution in [-0.2, 0) is 22.1 Å². The van der Waals surface area contributed by atoms with Crippen LogP contribution in [0.5, 0.6) is 0 Å². The molecule has 1 aromatic carbocycles. The van der Waals surface area contributed by atoms with Gasteiger partial charge in [0.15, 0.2) is 0 Å². The summed E-state index contributed by atoms with van der Waals surface area (Å²) in [5.74, 6) is 0. The zero-order valence-electron chi connectivity index (χ0n) is 7.05. The van der Waals surface area contributed by atoms with Crippen molar-refractivity contribution in [2.45, 2.75) is 6.54 Å². The van der Waals surface area contributed by atoms with Crippen LogP contribution >= 0.6 is 0 Å². The average molecular weight is 214 g/mol. The fraction of sp³-hybridized carbons (Fsp3) is 0.100. The first-order valence-corrected chi connectivity index (χ1v) is 4.66. The normalized spacial score (nSPS) is 10.2. The maximum absolute atomic E-state index is 3.88. The molecule has 0 aliphatic rings. The molecule has 1 N–H and O–H groups in total. The summed E-state index contributed by atoms with van der Waals surface area (Å²) in [5, 5.41) is 0. The van der Waals surface area contributed by atoms with Crippen LogP contribution in [0, 0.1) is 4.32 Å². The first-order chi connectivity index (χ1) is 6.36. The number of aromatic nitrogens is 2. The van der Waals surface area contributed by atoms with E-state index in [9.17, 15) is 0 Å². The number of benzene rings is 1. The zero-order valence-corrected chi connectivity index (χ0v) is 8.15. The van der Waals surface area contributed by atoms with Crippen LogP contribution in [0.4, 0.5) is 0 Å². The Morgan fingerprint density at radius 2 is 2.00 bits per heavy atom. The van der Waals surface area contributed by atoms with Crippen molar-refractivity contribution < 1.29 is 15.6 Å². The van der Waals surface area contributed by atoms with Gasteiger partial charge in [0.1, 0.15) is 0 Å². The van der Waals surface area contributed by atoms with Crippen molar-refractivity contribution in [1.82, 2.24) is 9.55 Å². The van der Waals surface area contributed by atoms with E-state index in [1.165, 1.54) is 5.56 Å². The number of hydrogen-bond donors (Lipinski definition) is 1. The Hall–Kier alpha value is -1.05. The number of H-pyrrole nitrogens is 1. The molecule has 13 heavy (non-hydrogen) atoms. The molecule has 2 aromatic rings. The summed E-state index contributed by atoms with van der Waals surface area (Å²) in [6.07, 6.45) is 3.89. The Kier molecular flexibility index (Phi) is 2.48. The SMILES string of the molecule is [Fe]=[c]1[nH]ccn1Cc1ccccc1. The Morgan fingerprint density at radius 1 is 1.23 bits per heavy atom. The van der Waals surface area contributed by atoms with Crippen LogP contribution in [0.2, 0.25) is 0 Å². The number of nitrogens with zero attached hydrogens (tertiary/aromatic N) is 1. The number of imidazole rings is 1. The monoisotopic (exact) mass is 214 g/mol. The maximum atomic E-state index is 3.88. The van der Waals surface area contributed by atoms with E-state index in [1.807, 2.05) is 30.6 Å². The number of nitrogens with one attached hydrogen (secondary N) is 1. The molecule has 0 unspecified atom stereocenters. The standard InChI is InChI=1S/C10H10N2.Fe/c1-2-4-10(5-3-1)8-12-7-6-11-9-12;/h1-7,11H,8H2;. The van der Waals surface area contributed by atoms with Crippen molar-refractivity contribution in [3.63, 3.8) is 0 Å². The van der Waals surface area contributed by atoms with Gasteiger partial charge in [0.2, 0.25) is 0 Å². The van der Waals surface area contributed by atoms with Gasteiger partial charge in [0.05, 0.1) is 0 Å². The molecule has 2 nitrogen and oxygen atoms in total. The molecule has 0 amide bonds. The predicted octanol–water partition coefficient (Wildman–Crippen LogP) is 1.94. The third-order valence-electron chi connectivity index (χ3n) is 1.89. The van der Waals surface area contributed by atoms with Crippen LogP contribution < -0.4 is 0 Å². The summed E-state index contributed by atoms with van der Waals surface area (Å²) >= 11 is 3.88. The summed E-state index contributed by atoms with van der Waals surface area (Å²) in [6, 6.07) is 10.3. The van der Waals surface area contributed by atoms with E-state index in [-0.39, 0.29) is 0 Å². The van der Waals surface area contributed by atoms with E-state index >= 15 is 0 Å². The molecule has 0 saturated heterocycles. The zero-order chi connectivity index (χ0) is 9.10. The Balaban J connectivity index is 2.25. The first kappa shape index (κ1) is 8.54. The summed E-state index contributed by atoms with van der Waals surface area (Å²) in [6.45, 7) is 0.878. The molecule has 0 spiro atoms. The van der Waals surface area contributed by atoms with Gasteiger partial charge in [-0.25, -0.2) is 0 Å². The third-order valence-corrected chi connectivity index (χ3v) is 2.37. The van der Waals surface area contributed by atoms with Gasteiger partial charge < -0.3 is 0 Å². The second-order valence-electron chi connectivity index (χ2n) is 2.85. The second kappa shape index (κ2) is 3.77. The van der Waals surface area contributed by atoms with E-state index in [0.717, 1.165) is 10.9 Å². The number of rotatable bonds is 2. The topological polar surface area (TPSA) is 20.7 Å². The first-order valence-electron chi connectivity index (χ1n) is 4.11. The van der Waals surface area contributed by atoms with Crippen molar-refractivity contribution in [1.29, 1.82) is 0 Å². The van der Waals surface area contributed by atoms with Crippen molar-refractivity contribution in [2.75, 3.05) is 0 Å². The molecule has 68 valence electrons. The molecule has 1 heterocycles. The van der Waals surface area contributed by atoms with E-state index in [2.05, 4.69) is 37.3 Å². The molecule has 0 radical (unpaired) electrons. The van der Waals surface area contributed by atoms with E-state index in [1.54, 1.807) is 0 Å². The molecule has 1 aromatic heterocycles. The van der Waals surface area contributed by atoms with Gasteiger partial charge in [-0.2, -0.15) is 0 Å². The minimum absolute atomic E-state index is 0.878. The fourth-order valence-electron chi connectivity index (χ4n) is 1.24. The van der Waals surface area contributed by atoms with Crippen LogP contribution in [0.3, 0.4) is 0 Å². The summed E-state index contributed by atoms with van der Waals surface area (Å²) in [5.41, 5.74) is 1.29. The molecule has 0 bridgehead atoms. The Morgan fingerprint density at radius 3 is 2.62 bits per heavy atom. The molecular formula is C10H10FeN2. The van der Waals surface area contributed by atoms with Gasteiger partial charge >= 0.3 is 84.3 Å². The fourth-order valence-corrected chi connectivity index (χ4v) is 1.50. The van der Waals surface area contributed by atoms with Crippen LogP contribution in [-0.4, -0.2) is 9.55 Å². The van der Waals surface area contributed by atoms with Gasteiger partial charge in [-0.3, -0.25) is 0 Å². The molecule has 0 saturated carbocycles. The van der Waals surface area contributed by atoms with Gasteiger partial charge in [-0.15, -0.1) is 0 Å². The predicted molar refractivity (Wildman–Crippen MR) is 47.6 cm³/mol. The third kappa shape index (κ3) is 2.00. The molecule has 2 rings (SSSR count). The molecule has 0 aliphatic heterocycles. The molecular weight excluding hydrogens is 204 g/mol. The minimum atomic E-state index is 0.878. The van der Waals surface area contributed by atoms with Crippen LogP contribution in [0.1, 0.15) is 5.56 Å². The summed E-state index contributed by atoms with van der Waals surface area (Å²) in [7, 11) is 0. The van der Waals surface area contributed by atoms with Crippen molar-refractivity contribution >= 4 is 0 Å². The average Bonchev–Trinajstić information content (AvgIpc) is 2.54. The van der Waals surface area contributed by atoms with Crippen molar-refractivity contribution in [3.05, 3.63) is 52.6 Å². The van der Waals surface area contributed by atoms with Crippen LogP contribution in [0.25, 0.3) is 0 Å². The number of hydrogen-bond acceptors (Lipinski definition) is 0. The van der Waals surface area contributed by atoms with E-state index in [4.69, 9.17) is 0 Å². The van der Waals surface area contributed by atoms with Gasteiger partial charge in [0.25, 0.3) is 0 Å². The van der Waals surface area contributed by atoms with Crippen molar-refractivity contribution in [2.24, 2.45) is 0 Å². The number of aromatic amines is 1. The quantitative estimate of drug-likeness (QED) is 0.737. The van der Waals surface area contributed by atoms with Crippen molar-refractivity contribution in [3.8, 4) is 0 Å². The molecule has 3 heteroatoms. The second-order valence-corrected chi connectivity index (χ2v) is 3.38.